The molecule has 4 rings (SSSR count). The summed E-state index contributed by atoms with van der Waals surface area (Å²) in [6.07, 6.45) is 4.01. The van der Waals surface area contributed by atoms with Crippen LogP contribution in [0.25, 0.3) is 5.57 Å². The van der Waals surface area contributed by atoms with E-state index in [2.05, 4.69) is 14.7 Å². The predicted molar refractivity (Wildman–Crippen MR) is 141 cm³/mol. The topological polar surface area (TPSA) is 115 Å². The number of halogens is 2. The van der Waals surface area contributed by atoms with Crippen LogP contribution in [0, 0.1) is 5.82 Å². The largest absolute Gasteiger partial charge is 0.351 e. The highest BCUT2D eigenvalue weighted by Gasteiger charge is 2.36. The minimum absolute atomic E-state index is 0.0117. The summed E-state index contributed by atoms with van der Waals surface area (Å²) in [6.45, 7) is 2.16. The predicted octanol–water partition coefficient (Wildman–Crippen LogP) is 3.66. The van der Waals surface area contributed by atoms with Crippen molar-refractivity contribution >= 4 is 56.0 Å². The molecule has 0 aliphatic carbocycles. The molecule has 1 fully saturated rings. The van der Waals surface area contributed by atoms with Gasteiger partial charge in [0.25, 0.3) is 5.91 Å². The standard InChI is InChI=1S/C24H25ClFN5O4S2/c1-15(21-5-6-22(25)36-21)13-37(34,35)29-19-8-10-31(24(19)33)20-4-3-16(11-18(20)26)23(32)30(2)9-7-17-12-27-14-28-17/h3-6,11-14,19,29H,7-10H2,1-2H3,(H,27,28)/b15-13+. The zero-order valence-electron chi connectivity index (χ0n) is 20.1. The molecule has 37 heavy (non-hydrogen) atoms. The average molecular weight is 566 g/mol. The van der Waals surface area contributed by atoms with E-state index in [0.29, 0.717) is 27.8 Å². The fourth-order valence-electron chi connectivity index (χ4n) is 3.97. The quantitative estimate of drug-likeness (QED) is 0.411. The van der Waals surface area contributed by atoms with E-state index in [9.17, 15) is 22.4 Å². The van der Waals surface area contributed by atoms with Gasteiger partial charge in [0, 0.05) is 43.2 Å². The van der Waals surface area contributed by atoms with Crippen molar-refractivity contribution in [2.75, 3.05) is 25.0 Å². The molecule has 13 heteroatoms. The molecule has 0 bridgehead atoms. The molecule has 196 valence electrons. The summed E-state index contributed by atoms with van der Waals surface area (Å²) < 4.78 is 43.2. The normalized spacial score (nSPS) is 16.4. The van der Waals surface area contributed by atoms with E-state index >= 15 is 0 Å². The minimum atomic E-state index is -3.95. The maximum absolute atomic E-state index is 15.0. The number of nitrogens with zero attached hydrogens (tertiary/aromatic N) is 3. The minimum Gasteiger partial charge on any atom is -0.351 e. The van der Waals surface area contributed by atoms with Crippen LogP contribution in [0.3, 0.4) is 0 Å². The highest BCUT2D eigenvalue weighted by atomic mass is 35.5. The number of nitrogens with one attached hydrogen (secondary N) is 2. The van der Waals surface area contributed by atoms with Crippen molar-refractivity contribution in [2.24, 2.45) is 0 Å². The van der Waals surface area contributed by atoms with Gasteiger partial charge in [-0.1, -0.05) is 11.6 Å². The van der Waals surface area contributed by atoms with Gasteiger partial charge in [0.2, 0.25) is 15.9 Å². The Morgan fingerprint density at radius 1 is 1.38 bits per heavy atom. The Hall–Kier alpha value is -3.06. The van der Waals surface area contributed by atoms with Crippen molar-refractivity contribution in [3.05, 3.63) is 74.6 Å². The van der Waals surface area contributed by atoms with Gasteiger partial charge in [0.15, 0.2) is 0 Å². The molecule has 3 aromatic rings. The molecule has 0 radical (unpaired) electrons. The number of carbonyl (C=O) groups is 2. The van der Waals surface area contributed by atoms with Crippen LogP contribution in [-0.4, -0.2) is 61.3 Å². The van der Waals surface area contributed by atoms with E-state index < -0.39 is 27.8 Å². The lowest BCUT2D eigenvalue weighted by Gasteiger charge is -2.20. The number of likely N-dealkylation sites (N-methyl/N-ethyl adjacent to an activating group) is 1. The molecule has 1 aliphatic heterocycles. The molecule has 0 saturated carbocycles. The van der Waals surface area contributed by atoms with Gasteiger partial charge in [-0.3, -0.25) is 9.59 Å². The Labute approximate surface area is 223 Å². The zero-order chi connectivity index (χ0) is 26.7. The van der Waals surface area contributed by atoms with Crippen molar-refractivity contribution < 1.29 is 22.4 Å². The third-order valence-corrected chi connectivity index (χ3v) is 8.54. The summed E-state index contributed by atoms with van der Waals surface area (Å²) in [4.78, 5) is 36.0. The molecular weight excluding hydrogens is 541 g/mol. The summed E-state index contributed by atoms with van der Waals surface area (Å²) >= 11 is 7.16. The highest BCUT2D eigenvalue weighted by Crippen LogP contribution is 2.29. The number of sulfonamides is 1. The number of allylic oxidation sites excluding steroid dienone is 1. The Balaban J connectivity index is 1.41. The van der Waals surface area contributed by atoms with Crippen molar-refractivity contribution in [2.45, 2.75) is 25.8 Å². The van der Waals surface area contributed by atoms with Crippen LogP contribution in [0.4, 0.5) is 10.1 Å². The van der Waals surface area contributed by atoms with Crippen LogP contribution in [0.1, 0.15) is 34.3 Å². The van der Waals surface area contributed by atoms with Crippen molar-refractivity contribution in [1.29, 1.82) is 0 Å². The molecule has 1 aliphatic rings. The Kier molecular flexibility index (Phi) is 8.12. The lowest BCUT2D eigenvalue weighted by Crippen LogP contribution is -2.41. The second-order valence-corrected chi connectivity index (χ2v) is 11.9. The second kappa shape index (κ2) is 11.1. The van der Waals surface area contributed by atoms with E-state index in [4.69, 9.17) is 11.6 Å². The molecule has 1 saturated heterocycles. The van der Waals surface area contributed by atoms with Crippen LogP contribution in [0.5, 0.6) is 0 Å². The summed E-state index contributed by atoms with van der Waals surface area (Å²) in [5.41, 5.74) is 1.42. The monoisotopic (exact) mass is 565 g/mol. The molecule has 3 heterocycles. The number of aromatic amines is 1. The van der Waals surface area contributed by atoms with Crippen LogP contribution in [0.15, 0.2) is 48.3 Å². The first kappa shape index (κ1) is 27.0. The third-order valence-electron chi connectivity index (χ3n) is 5.90. The number of anilines is 1. The van der Waals surface area contributed by atoms with Gasteiger partial charge in [-0.15, -0.1) is 11.3 Å². The van der Waals surface area contributed by atoms with Gasteiger partial charge in [0.1, 0.15) is 11.9 Å². The highest BCUT2D eigenvalue weighted by molar-refractivity contribution is 7.92. The van der Waals surface area contributed by atoms with E-state index in [1.807, 2.05) is 0 Å². The third kappa shape index (κ3) is 6.45. The van der Waals surface area contributed by atoms with Gasteiger partial charge < -0.3 is 14.8 Å². The van der Waals surface area contributed by atoms with Crippen LogP contribution in [-0.2, 0) is 21.2 Å². The Morgan fingerprint density at radius 3 is 2.81 bits per heavy atom. The fraction of sp³-hybridized carbons (Fsp3) is 0.292. The summed E-state index contributed by atoms with van der Waals surface area (Å²) in [7, 11) is -2.33. The number of benzene rings is 1. The van der Waals surface area contributed by atoms with E-state index in [0.717, 1.165) is 17.2 Å². The smallest absolute Gasteiger partial charge is 0.253 e. The number of hydrogen-bond acceptors (Lipinski definition) is 6. The number of rotatable bonds is 9. The zero-order valence-corrected chi connectivity index (χ0v) is 22.5. The molecule has 1 aromatic carbocycles. The fourth-order valence-corrected chi connectivity index (χ4v) is 6.33. The molecule has 2 N–H and O–H groups in total. The average Bonchev–Trinajstić information content (AvgIpc) is 3.59. The van der Waals surface area contributed by atoms with E-state index in [1.165, 1.54) is 33.3 Å². The molecule has 2 aromatic heterocycles. The van der Waals surface area contributed by atoms with Crippen LogP contribution >= 0.6 is 22.9 Å². The second-order valence-electron chi connectivity index (χ2n) is 8.60. The first-order valence-electron chi connectivity index (χ1n) is 11.3. The number of carbonyl (C=O) groups excluding carboxylic acids is 2. The first-order chi connectivity index (χ1) is 17.5. The maximum atomic E-state index is 15.0. The Morgan fingerprint density at radius 2 is 2.16 bits per heavy atom. The van der Waals surface area contributed by atoms with Crippen molar-refractivity contribution in [3.63, 3.8) is 0 Å². The number of hydrogen-bond donors (Lipinski definition) is 2. The van der Waals surface area contributed by atoms with Crippen LogP contribution in [0.2, 0.25) is 4.34 Å². The molecule has 2 amide bonds. The summed E-state index contributed by atoms with van der Waals surface area (Å²) in [5.74, 6) is -1.68. The summed E-state index contributed by atoms with van der Waals surface area (Å²) in [6, 6.07) is 6.26. The SMILES string of the molecule is C/C(=C\S(=O)(=O)NC1CCN(c2ccc(C(=O)N(C)CCc3c[nH]cn3)cc2F)C1=O)c1ccc(Cl)s1. The molecule has 1 atom stereocenters. The van der Waals surface area contributed by atoms with Gasteiger partial charge in [-0.25, -0.2) is 17.8 Å². The Bertz CT molecular complexity index is 1440. The number of amides is 2. The summed E-state index contributed by atoms with van der Waals surface area (Å²) in [5, 5.41) is 1.05. The van der Waals surface area contributed by atoms with Gasteiger partial charge >= 0.3 is 0 Å². The lowest BCUT2D eigenvalue weighted by atomic mass is 10.1. The molecule has 0 spiro atoms. The number of H-pyrrole nitrogens is 1. The lowest BCUT2D eigenvalue weighted by molar-refractivity contribution is -0.118. The van der Waals surface area contributed by atoms with Crippen molar-refractivity contribution in [3.8, 4) is 0 Å². The number of thiophene rings is 1. The van der Waals surface area contributed by atoms with Gasteiger partial charge in [-0.2, -0.15) is 4.72 Å². The molecule has 1 unspecified atom stereocenters. The van der Waals surface area contributed by atoms with Gasteiger partial charge in [-0.05, 0) is 49.2 Å². The van der Waals surface area contributed by atoms with Crippen LogP contribution < -0.4 is 9.62 Å². The first-order valence-corrected chi connectivity index (χ1v) is 14.1. The maximum Gasteiger partial charge on any atom is 0.253 e. The van der Waals surface area contributed by atoms with E-state index in [1.54, 1.807) is 38.6 Å². The molecular formula is C24H25ClFN5O4S2. The van der Waals surface area contributed by atoms with E-state index in [-0.39, 0.29) is 30.1 Å². The molecule has 9 nitrogen and oxygen atoms in total. The van der Waals surface area contributed by atoms with Gasteiger partial charge in [0.05, 0.1) is 27.5 Å². The van der Waals surface area contributed by atoms with Crippen molar-refractivity contribution in [1.82, 2.24) is 19.6 Å². The number of aromatic nitrogens is 2. The number of imidazole rings is 1.